The molecule has 0 aliphatic rings. The molecule has 2 nitrogen and oxygen atoms in total. The van der Waals surface area contributed by atoms with Crippen LogP contribution < -0.4 is 5.32 Å². The molecule has 0 fully saturated rings. The average molecular weight is 328 g/mol. The second-order valence-electron chi connectivity index (χ2n) is 5.13. The van der Waals surface area contributed by atoms with Crippen molar-refractivity contribution in [3.8, 4) is 0 Å². The minimum absolute atomic E-state index is 0.155. The summed E-state index contributed by atoms with van der Waals surface area (Å²) in [5, 5.41) is 4.27. The molecule has 0 aliphatic carbocycles. The lowest BCUT2D eigenvalue weighted by Crippen LogP contribution is -2.25. The van der Waals surface area contributed by atoms with Crippen LogP contribution in [0.1, 0.15) is 39.0 Å². The summed E-state index contributed by atoms with van der Waals surface area (Å²) in [6.07, 6.45) is 1.07. The van der Waals surface area contributed by atoms with Crippen LogP contribution in [0.15, 0.2) is 27.1 Å². The molecule has 0 aliphatic heterocycles. The minimum atomic E-state index is -0.255. The topological polar surface area (TPSA) is 25.2 Å². The van der Waals surface area contributed by atoms with E-state index in [1.165, 1.54) is 12.1 Å². The highest BCUT2D eigenvalue weighted by Crippen LogP contribution is 2.32. The summed E-state index contributed by atoms with van der Waals surface area (Å²) in [5.41, 5.74) is 0.709. The van der Waals surface area contributed by atoms with E-state index < -0.39 is 0 Å². The predicted octanol–water partition coefficient (Wildman–Crippen LogP) is 5.03. The summed E-state index contributed by atoms with van der Waals surface area (Å²) in [7, 11) is 0. The third-order valence-electron chi connectivity index (χ3n) is 3.14. The molecular weight excluding hydrogens is 309 g/mol. The van der Waals surface area contributed by atoms with E-state index in [1.807, 2.05) is 6.07 Å². The van der Waals surface area contributed by atoms with Gasteiger partial charge in [-0.1, -0.05) is 20.8 Å². The Balaban J connectivity index is 2.40. The van der Waals surface area contributed by atoms with Crippen molar-refractivity contribution in [2.45, 2.75) is 33.2 Å². The molecule has 2 rings (SSSR count). The lowest BCUT2D eigenvalue weighted by Gasteiger charge is -2.19. The third-order valence-corrected chi connectivity index (χ3v) is 3.73. The highest BCUT2D eigenvalue weighted by molar-refractivity contribution is 9.10. The van der Waals surface area contributed by atoms with Crippen LogP contribution in [0.3, 0.4) is 0 Å². The smallest absolute Gasteiger partial charge is 0.148 e. The summed E-state index contributed by atoms with van der Waals surface area (Å²) in [6, 6.07) is 5.02. The maximum Gasteiger partial charge on any atom is 0.148 e. The van der Waals surface area contributed by atoms with Gasteiger partial charge < -0.3 is 9.73 Å². The molecular formula is C15H19BrFNO. The number of benzene rings is 1. The number of rotatable bonds is 5. The van der Waals surface area contributed by atoms with Gasteiger partial charge in [0.25, 0.3) is 0 Å². The molecule has 0 radical (unpaired) electrons. The summed E-state index contributed by atoms with van der Waals surface area (Å²) < 4.78 is 19.9. The Labute approximate surface area is 121 Å². The predicted molar refractivity (Wildman–Crippen MR) is 79.7 cm³/mol. The van der Waals surface area contributed by atoms with Crippen LogP contribution in [0, 0.1) is 11.7 Å². The van der Waals surface area contributed by atoms with Crippen molar-refractivity contribution in [3.63, 3.8) is 0 Å². The fraction of sp³-hybridized carbons (Fsp3) is 0.467. The second kappa shape index (κ2) is 6.06. The SMILES string of the molecule is CCCNC(c1cc2cc(F)cc(Br)c2o1)C(C)C. The van der Waals surface area contributed by atoms with E-state index in [2.05, 4.69) is 42.0 Å². The summed E-state index contributed by atoms with van der Waals surface area (Å²) >= 11 is 3.35. The number of halogens is 2. The molecule has 1 atom stereocenters. The molecule has 104 valence electrons. The second-order valence-corrected chi connectivity index (χ2v) is 5.98. The molecule has 1 unspecified atom stereocenters. The molecule has 4 heteroatoms. The molecule has 1 aromatic carbocycles. The zero-order valence-electron chi connectivity index (χ0n) is 11.5. The van der Waals surface area contributed by atoms with E-state index in [0.717, 1.165) is 24.1 Å². The van der Waals surface area contributed by atoms with Gasteiger partial charge in [0.2, 0.25) is 0 Å². The molecule has 0 bridgehead atoms. The molecule has 0 amide bonds. The van der Waals surface area contributed by atoms with Gasteiger partial charge in [-0.15, -0.1) is 0 Å². The summed E-state index contributed by atoms with van der Waals surface area (Å²) in [4.78, 5) is 0. The standard InChI is InChI=1S/C15H19BrFNO/c1-4-5-18-14(9(2)3)13-7-10-6-11(17)8-12(16)15(10)19-13/h6-9,14,18H,4-5H2,1-3H3. The Hall–Kier alpha value is -0.870. The largest absolute Gasteiger partial charge is 0.458 e. The van der Waals surface area contributed by atoms with Crippen LogP contribution >= 0.6 is 15.9 Å². The van der Waals surface area contributed by atoms with Crippen molar-refractivity contribution in [3.05, 3.63) is 34.2 Å². The molecule has 0 saturated carbocycles. The van der Waals surface area contributed by atoms with Crippen LogP contribution in [0.25, 0.3) is 11.0 Å². The Morgan fingerprint density at radius 1 is 1.32 bits per heavy atom. The van der Waals surface area contributed by atoms with Crippen LogP contribution in [-0.2, 0) is 0 Å². The first kappa shape index (κ1) is 14.5. The van der Waals surface area contributed by atoms with Gasteiger partial charge in [0.1, 0.15) is 17.2 Å². The summed E-state index contributed by atoms with van der Waals surface area (Å²) in [5.74, 6) is 1.02. The molecule has 0 saturated heterocycles. The lowest BCUT2D eigenvalue weighted by molar-refractivity contribution is 0.351. The van der Waals surface area contributed by atoms with E-state index in [9.17, 15) is 4.39 Å². The normalized spacial score (nSPS) is 13.4. The quantitative estimate of drug-likeness (QED) is 0.833. The first-order chi connectivity index (χ1) is 9.02. The third kappa shape index (κ3) is 3.18. The van der Waals surface area contributed by atoms with Gasteiger partial charge in [-0.05, 0) is 53.0 Å². The van der Waals surface area contributed by atoms with Crippen molar-refractivity contribution in [1.29, 1.82) is 0 Å². The van der Waals surface area contributed by atoms with Crippen LogP contribution in [0.5, 0.6) is 0 Å². The number of hydrogen-bond acceptors (Lipinski definition) is 2. The Kier molecular flexibility index (Phi) is 4.63. The van der Waals surface area contributed by atoms with Gasteiger partial charge in [0, 0.05) is 5.39 Å². The number of fused-ring (bicyclic) bond motifs is 1. The van der Waals surface area contributed by atoms with Crippen molar-refractivity contribution >= 4 is 26.9 Å². The molecule has 1 heterocycles. The fourth-order valence-electron chi connectivity index (χ4n) is 2.21. The zero-order valence-corrected chi connectivity index (χ0v) is 13.1. The number of nitrogens with one attached hydrogen (secondary N) is 1. The Morgan fingerprint density at radius 3 is 2.68 bits per heavy atom. The summed E-state index contributed by atoms with van der Waals surface area (Å²) in [6.45, 7) is 7.37. The number of hydrogen-bond donors (Lipinski definition) is 1. The van der Waals surface area contributed by atoms with Gasteiger partial charge in [0.05, 0.1) is 10.5 Å². The minimum Gasteiger partial charge on any atom is -0.458 e. The van der Waals surface area contributed by atoms with Gasteiger partial charge in [-0.25, -0.2) is 4.39 Å². The molecule has 0 spiro atoms. The monoisotopic (exact) mass is 327 g/mol. The van der Waals surface area contributed by atoms with Crippen LogP contribution in [0.4, 0.5) is 4.39 Å². The first-order valence-electron chi connectivity index (χ1n) is 6.64. The first-order valence-corrected chi connectivity index (χ1v) is 7.44. The van der Waals surface area contributed by atoms with Crippen molar-refractivity contribution < 1.29 is 8.81 Å². The average Bonchev–Trinajstić information content (AvgIpc) is 2.73. The molecule has 19 heavy (non-hydrogen) atoms. The van der Waals surface area contributed by atoms with Gasteiger partial charge in [-0.2, -0.15) is 0 Å². The van der Waals surface area contributed by atoms with E-state index in [0.29, 0.717) is 16.0 Å². The van der Waals surface area contributed by atoms with E-state index in [-0.39, 0.29) is 11.9 Å². The van der Waals surface area contributed by atoms with Crippen molar-refractivity contribution in [2.75, 3.05) is 6.54 Å². The molecule has 1 aromatic heterocycles. The molecule has 2 aromatic rings. The number of furan rings is 1. The van der Waals surface area contributed by atoms with Crippen LogP contribution in [0.2, 0.25) is 0 Å². The van der Waals surface area contributed by atoms with Crippen molar-refractivity contribution in [2.24, 2.45) is 5.92 Å². The highest BCUT2D eigenvalue weighted by atomic mass is 79.9. The van der Waals surface area contributed by atoms with Gasteiger partial charge in [0.15, 0.2) is 0 Å². The van der Waals surface area contributed by atoms with E-state index in [4.69, 9.17) is 4.42 Å². The Bertz CT molecular complexity index is 565. The van der Waals surface area contributed by atoms with E-state index >= 15 is 0 Å². The Morgan fingerprint density at radius 2 is 2.05 bits per heavy atom. The van der Waals surface area contributed by atoms with Gasteiger partial charge >= 0.3 is 0 Å². The van der Waals surface area contributed by atoms with Crippen molar-refractivity contribution in [1.82, 2.24) is 5.32 Å². The zero-order chi connectivity index (χ0) is 14.0. The maximum absolute atomic E-state index is 13.4. The van der Waals surface area contributed by atoms with Gasteiger partial charge in [-0.3, -0.25) is 0 Å². The fourth-order valence-corrected chi connectivity index (χ4v) is 2.74. The van der Waals surface area contributed by atoms with E-state index in [1.54, 1.807) is 0 Å². The molecule has 1 N–H and O–H groups in total. The highest BCUT2D eigenvalue weighted by Gasteiger charge is 2.20. The maximum atomic E-state index is 13.4. The van der Waals surface area contributed by atoms with Crippen LogP contribution in [-0.4, -0.2) is 6.54 Å². The lowest BCUT2D eigenvalue weighted by atomic mass is 10.0.